The van der Waals surface area contributed by atoms with Gasteiger partial charge in [-0.1, -0.05) is 18.1 Å². The van der Waals surface area contributed by atoms with Crippen molar-refractivity contribution in [3.05, 3.63) is 35.3 Å². The molecule has 3 heterocycles. The van der Waals surface area contributed by atoms with Crippen molar-refractivity contribution in [2.24, 2.45) is 5.73 Å². The van der Waals surface area contributed by atoms with Gasteiger partial charge < -0.3 is 15.3 Å². The third-order valence-electron chi connectivity index (χ3n) is 5.88. The molecule has 0 radical (unpaired) electrons. The van der Waals surface area contributed by atoms with E-state index in [0.29, 0.717) is 16.8 Å². The number of H-pyrrole nitrogens is 1. The van der Waals surface area contributed by atoms with Gasteiger partial charge in [0.25, 0.3) is 5.91 Å². The predicted molar refractivity (Wildman–Crippen MR) is 107 cm³/mol. The lowest BCUT2D eigenvalue weighted by molar-refractivity contribution is 0.100. The standard InChI is InChI=1S/C19H24FN5O2S/c1-19(3-5-24(6-4-19)7-8-28(2)27)14-11-22-25-16-13(17(21)26)9-12(20)10-15(16)23-18(14)25/h9-11,23H,3-8H2,1-2H3,(H2,21,26). The normalized spacial score (nSPS) is 18.7. The van der Waals surface area contributed by atoms with Crippen molar-refractivity contribution < 1.29 is 13.7 Å². The lowest BCUT2D eigenvalue weighted by Gasteiger charge is -2.38. The number of carbonyl (C=O) groups excluding carboxylic acids is 1. The van der Waals surface area contributed by atoms with Crippen molar-refractivity contribution >= 4 is 33.8 Å². The number of carbonyl (C=O) groups is 1. The fourth-order valence-corrected chi connectivity index (χ4v) is 4.63. The van der Waals surface area contributed by atoms with Crippen LogP contribution in [-0.2, 0) is 16.6 Å². The van der Waals surface area contributed by atoms with Gasteiger partial charge in [0.15, 0.2) is 0 Å². The molecule has 1 amide bonds. The summed E-state index contributed by atoms with van der Waals surface area (Å²) < 4.78 is 26.9. The van der Waals surface area contributed by atoms with Crippen molar-refractivity contribution in [1.82, 2.24) is 19.5 Å². The van der Waals surface area contributed by atoms with Crippen molar-refractivity contribution in [1.29, 1.82) is 0 Å². The number of nitrogens with two attached hydrogens (primary N) is 1. The van der Waals surface area contributed by atoms with E-state index >= 15 is 0 Å². The van der Waals surface area contributed by atoms with Crippen LogP contribution in [0.5, 0.6) is 0 Å². The van der Waals surface area contributed by atoms with Gasteiger partial charge in [-0.25, -0.2) is 8.91 Å². The number of amides is 1. The van der Waals surface area contributed by atoms with E-state index in [0.717, 1.165) is 49.8 Å². The number of aromatic amines is 1. The first kappa shape index (κ1) is 19.2. The lowest BCUT2D eigenvalue weighted by Crippen LogP contribution is -2.42. The Kier molecular flexibility index (Phi) is 4.84. The van der Waals surface area contributed by atoms with Crippen LogP contribution in [0.3, 0.4) is 0 Å². The Balaban J connectivity index is 1.69. The molecule has 28 heavy (non-hydrogen) atoms. The molecule has 1 atom stereocenters. The summed E-state index contributed by atoms with van der Waals surface area (Å²) in [5.41, 5.74) is 8.31. The number of imidazole rings is 1. The average Bonchev–Trinajstić information content (AvgIpc) is 3.19. The van der Waals surface area contributed by atoms with Crippen molar-refractivity contribution in [3.8, 4) is 0 Å². The highest BCUT2D eigenvalue weighted by Gasteiger charge is 2.35. The smallest absolute Gasteiger partial charge is 0.251 e. The Bertz CT molecular complexity index is 1040. The minimum absolute atomic E-state index is 0.0874. The summed E-state index contributed by atoms with van der Waals surface area (Å²) in [5, 5.41) is 4.48. The first-order chi connectivity index (χ1) is 13.3. The largest absolute Gasteiger partial charge is 0.617 e. The molecular weight excluding hydrogens is 381 g/mol. The molecule has 0 saturated carbocycles. The van der Waals surface area contributed by atoms with E-state index in [1.165, 1.54) is 6.07 Å². The molecule has 3 N–H and O–H groups in total. The van der Waals surface area contributed by atoms with Gasteiger partial charge in [0.2, 0.25) is 0 Å². The molecular formula is C19H24FN5O2S. The highest BCUT2D eigenvalue weighted by atomic mass is 32.2. The predicted octanol–water partition coefficient (Wildman–Crippen LogP) is 1.79. The molecule has 1 unspecified atom stereocenters. The SMILES string of the molecule is C[S+]([O-])CCN1CCC(C)(c2cnn3c2[nH]c2cc(F)cc(C(N)=O)c23)CC1. The van der Waals surface area contributed by atoms with Gasteiger partial charge in [0, 0.05) is 17.5 Å². The fourth-order valence-electron chi connectivity index (χ4n) is 4.12. The summed E-state index contributed by atoms with van der Waals surface area (Å²) in [5.74, 6) is -0.506. The van der Waals surface area contributed by atoms with Crippen molar-refractivity contribution in [3.63, 3.8) is 0 Å². The molecule has 0 spiro atoms. The van der Waals surface area contributed by atoms with Gasteiger partial charge in [-0.05, 0) is 38.1 Å². The van der Waals surface area contributed by atoms with E-state index in [-0.39, 0.29) is 11.0 Å². The van der Waals surface area contributed by atoms with Gasteiger partial charge in [-0.2, -0.15) is 5.10 Å². The van der Waals surface area contributed by atoms with Crippen LogP contribution < -0.4 is 5.73 Å². The Labute approximate surface area is 165 Å². The molecule has 1 fully saturated rings. The molecule has 0 bridgehead atoms. The van der Waals surface area contributed by atoms with Crippen LogP contribution in [0.4, 0.5) is 4.39 Å². The van der Waals surface area contributed by atoms with E-state index in [2.05, 4.69) is 21.9 Å². The number of aromatic nitrogens is 3. The van der Waals surface area contributed by atoms with Gasteiger partial charge in [-0.15, -0.1) is 0 Å². The minimum Gasteiger partial charge on any atom is -0.617 e. The Hall–Kier alpha value is -2.10. The number of fused-ring (bicyclic) bond motifs is 3. The number of halogens is 1. The number of nitrogens with one attached hydrogen (secondary N) is 1. The minimum atomic E-state index is -0.780. The summed E-state index contributed by atoms with van der Waals surface area (Å²) >= 11 is -0.780. The lowest BCUT2D eigenvalue weighted by atomic mass is 9.75. The van der Waals surface area contributed by atoms with Crippen LogP contribution in [0.15, 0.2) is 18.3 Å². The fraction of sp³-hybridized carbons (Fsp3) is 0.474. The van der Waals surface area contributed by atoms with E-state index in [1.54, 1.807) is 10.8 Å². The molecule has 3 aromatic rings. The third kappa shape index (κ3) is 3.27. The highest BCUT2D eigenvalue weighted by molar-refractivity contribution is 7.90. The zero-order valence-electron chi connectivity index (χ0n) is 16.0. The number of hydrogen-bond acceptors (Lipinski definition) is 4. The van der Waals surface area contributed by atoms with Gasteiger partial charge in [0.05, 0.1) is 23.5 Å². The molecule has 1 saturated heterocycles. The van der Waals surface area contributed by atoms with E-state index in [4.69, 9.17) is 5.73 Å². The number of benzene rings is 1. The summed E-state index contributed by atoms with van der Waals surface area (Å²) in [7, 11) is 0. The monoisotopic (exact) mass is 405 g/mol. The maximum Gasteiger partial charge on any atom is 0.251 e. The average molecular weight is 405 g/mol. The van der Waals surface area contributed by atoms with Crippen LogP contribution in [-0.4, -0.2) is 61.6 Å². The van der Waals surface area contributed by atoms with Crippen LogP contribution in [0, 0.1) is 5.82 Å². The van der Waals surface area contributed by atoms with Crippen LogP contribution in [0.1, 0.15) is 35.7 Å². The van der Waals surface area contributed by atoms with Crippen LogP contribution >= 0.6 is 0 Å². The van der Waals surface area contributed by atoms with E-state index < -0.39 is 22.9 Å². The first-order valence-corrected chi connectivity index (χ1v) is 11.0. The number of primary amides is 1. The molecule has 1 aliphatic rings. The summed E-state index contributed by atoms with van der Waals surface area (Å²) in [6.45, 7) is 4.90. The molecule has 9 heteroatoms. The van der Waals surface area contributed by atoms with Gasteiger partial charge >= 0.3 is 0 Å². The third-order valence-corrected chi connectivity index (χ3v) is 6.64. The molecule has 1 aliphatic heterocycles. The topological polar surface area (TPSA) is 102 Å². The van der Waals surface area contributed by atoms with Crippen LogP contribution in [0.25, 0.3) is 16.7 Å². The number of hydrogen-bond donors (Lipinski definition) is 2. The van der Waals surface area contributed by atoms with Gasteiger partial charge in [-0.3, -0.25) is 9.69 Å². The zero-order chi connectivity index (χ0) is 20.1. The summed E-state index contributed by atoms with van der Waals surface area (Å²) in [4.78, 5) is 17.4. The molecule has 4 rings (SSSR count). The maximum absolute atomic E-state index is 13.9. The Morgan fingerprint density at radius 2 is 2.14 bits per heavy atom. The van der Waals surface area contributed by atoms with Crippen LogP contribution in [0.2, 0.25) is 0 Å². The van der Waals surface area contributed by atoms with E-state index in [9.17, 15) is 13.7 Å². The van der Waals surface area contributed by atoms with E-state index in [1.807, 2.05) is 6.20 Å². The highest BCUT2D eigenvalue weighted by Crippen LogP contribution is 2.38. The summed E-state index contributed by atoms with van der Waals surface area (Å²) in [6, 6.07) is 2.51. The molecule has 0 aliphatic carbocycles. The molecule has 2 aromatic heterocycles. The second-order valence-corrected chi connectivity index (χ2v) is 9.39. The number of rotatable bonds is 5. The zero-order valence-corrected chi connectivity index (χ0v) is 16.8. The van der Waals surface area contributed by atoms with Gasteiger partial charge in [0.1, 0.15) is 22.7 Å². The maximum atomic E-state index is 13.9. The first-order valence-electron chi connectivity index (χ1n) is 9.30. The number of nitrogens with zero attached hydrogens (tertiary/aromatic N) is 3. The quantitative estimate of drug-likeness (QED) is 0.632. The Morgan fingerprint density at radius 1 is 1.43 bits per heavy atom. The molecule has 150 valence electrons. The van der Waals surface area contributed by atoms with Crippen molar-refractivity contribution in [2.45, 2.75) is 25.2 Å². The number of piperidine rings is 1. The second-order valence-electron chi connectivity index (χ2n) is 7.84. The molecule has 1 aromatic carbocycles. The Morgan fingerprint density at radius 3 is 2.79 bits per heavy atom. The number of likely N-dealkylation sites (tertiary alicyclic amines) is 1. The summed E-state index contributed by atoms with van der Waals surface area (Å²) in [6.07, 6.45) is 5.45. The second kappa shape index (κ2) is 7.06. The molecule has 7 nitrogen and oxygen atoms in total. The van der Waals surface area contributed by atoms with Crippen molar-refractivity contribution in [2.75, 3.05) is 31.6 Å².